The standard InChI is InChI=1S/C6ClF11/c7-1(2(8)4(11,12)13)3(9,10)5(14,15)6(16,17)18. The van der Waals surface area contributed by atoms with Crippen molar-refractivity contribution < 1.29 is 48.3 Å². The van der Waals surface area contributed by atoms with Gasteiger partial charge in [-0.1, -0.05) is 11.6 Å². The predicted octanol–water partition coefficient (Wildman–Crippen LogP) is 4.80. The van der Waals surface area contributed by atoms with E-state index < -0.39 is 35.1 Å². The lowest BCUT2D eigenvalue weighted by Crippen LogP contribution is -2.52. The van der Waals surface area contributed by atoms with Gasteiger partial charge in [0.05, 0.1) is 0 Å². The highest BCUT2D eigenvalue weighted by Crippen LogP contribution is 2.52. The first kappa shape index (κ1) is 17.3. The van der Waals surface area contributed by atoms with Crippen LogP contribution < -0.4 is 0 Å². The van der Waals surface area contributed by atoms with Crippen LogP contribution in [0.1, 0.15) is 0 Å². The van der Waals surface area contributed by atoms with E-state index in [-0.39, 0.29) is 0 Å². The van der Waals surface area contributed by atoms with Crippen LogP contribution in [0.25, 0.3) is 0 Å². The molecule has 0 bridgehead atoms. The minimum Gasteiger partial charge on any atom is -0.200 e. The average molecular weight is 316 g/mol. The molecule has 0 amide bonds. The largest absolute Gasteiger partial charge is 0.460 e. The summed E-state index contributed by atoms with van der Waals surface area (Å²) in [4.78, 5) is 0. The lowest BCUT2D eigenvalue weighted by molar-refractivity contribution is -0.343. The maximum absolute atomic E-state index is 12.5. The van der Waals surface area contributed by atoms with Crippen LogP contribution in [0.3, 0.4) is 0 Å². The Morgan fingerprint density at radius 1 is 0.722 bits per heavy atom. The summed E-state index contributed by atoms with van der Waals surface area (Å²) in [5.41, 5.74) is 0. The van der Waals surface area contributed by atoms with Gasteiger partial charge in [-0.05, 0) is 0 Å². The molecule has 18 heavy (non-hydrogen) atoms. The maximum atomic E-state index is 12.5. The Labute approximate surface area is 96.0 Å². The van der Waals surface area contributed by atoms with Crippen LogP contribution in [0.2, 0.25) is 0 Å². The number of alkyl halides is 10. The summed E-state index contributed by atoms with van der Waals surface area (Å²) in [5, 5.41) is -3.57. The average Bonchev–Trinajstić information content (AvgIpc) is 2.11. The summed E-state index contributed by atoms with van der Waals surface area (Å²) in [6.07, 6.45) is -13.1. The SMILES string of the molecule is FC(=C(Cl)C(F)(F)C(F)(F)C(F)(F)F)C(F)(F)F. The molecular weight excluding hydrogens is 316 g/mol. The van der Waals surface area contributed by atoms with Gasteiger partial charge in [-0.2, -0.15) is 43.9 Å². The van der Waals surface area contributed by atoms with Crippen LogP contribution in [-0.4, -0.2) is 24.2 Å². The Bertz CT molecular complexity index is 346. The van der Waals surface area contributed by atoms with Crippen LogP contribution in [0.5, 0.6) is 0 Å². The van der Waals surface area contributed by atoms with Crippen LogP contribution in [0.15, 0.2) is 10.9 Å². The lowest BCUT2D eigenvalue weighted by atomic mass is 10.1. The van der Waals surface area contributed by atoms with Crippen molar-refractivity contribution in [3.8, 4) is 0 Å². The molecular formula is C6ClF11. The summed E-state index contributed by atoms with van der Waals surface area (Å²) in [6.45, 7) is 0. The fourth-order valence-corrected chi connectivity index (χ4v) is 0.804. The van der Waals surface area contributed by atoms with Gasteiger partial charge in [-0.25, -0.2) is 4.39 Å². The van der Waals surface area contributed by atoms with E-state index in [1.807, 2.05) is 0 Å². The number of halogens is 12. The Kier molecular flexibility index (Phi) is 4.24. The van der Waals surface area contributed by atoms with Crippen molar-refractivity contribution in [2.24, 2.45) is 0 Å². The normalized spacial score (nSPS) is 16.7. The van der Waals surface area contributed by atoms with E-state index in [0.717, 1.165) is 0 Å². The van der Waals surface area contributed by atoms with Gasteiger partial charge in [0.1, 0.15) is 5.03 Å². The molecule has 0 rings (SSSR count). The van der Waals surface area contributed by atoms with Crippen molar-refractivity contribution in [1.82, 2.24) is 0 Å². The number of hydrogen-bond acceptors (Lipinski definition) is 0. The third-order valence-electron chi connectivity index (χ3n) is 1.47. The fraction of sp³-hybridized carbons (Fsp3) is 0.667. The zero-order valence-corrected chi connectivity index (χ0v) is 8.29. The van der Waals surface area contributed by atoms with Gasteiger partial charge in [0.25, 0.3) is 0 Å². The van der Waals surface area contributed by atoms with Crippen molar-refractivity contribution in [2.75, 3.05) is 0 Å². The van der Waals surface area contributed by atoms with E-state index in [1.54, 1.807) is 0 Å². The van der Waals surface area contributed by atoms with Gasteiger partial charge in [0, 0.05) is 0 Å². The van der Waals surface area contributed by atoms with Gasteiger partial charge in [0.15, 0.2) is 0 Å². The van der Waals surface area contributed by atoms with Gasteiger partial charge >= 0.3 is 24.2 Å². The van der Waals surface area contributed by atoms with E-state index in [2.05, 4.69) is 11.6 Å². The molecule has 0 unspecified atom stereocenters. The summed E-state index contributed by atoms with van der Waals surface area (Å²) < 4.78 is 131. The first-order chi connectivity index (χ1) is 7.57. The zero-order chi connectivity index (χ0) is 15.2. The Morgan fingerprint density at radius 2 is 1.06 bits per heavy atom. The highest BCUT2D eigenvalue weighted by molar-refractivity contribution is 6.31. The molecule has 0 heterocycles. The molecule has 0 fully saturated rings. The van der Waals surface area contributed by atoms with Crippen LogP contribution >= 0.6 is 11.6 Å². The summed E-state index contributed by atoms with van der Waals surface area (Å²) in [6, 6.07) is 0. The number of rotatable bonds is 2. The molecule has 0 aromatic rings. The van der Waals surface area contributed by atoms with E-state index in [4.69, 9.17) is 0 Å². The van der Waals surface area contributed by atoms with Crippen molar-refractivity contribution >= 4 is 11.6 Å². The molecule has 0 aromatic heterocycles. The van der Waals surface area contributed by atoms with Gasteiger partial charge in [-0.3, -0.25) is 0 Å². The quantitative estimate of drug-likeness (QED) is 0.642. The Hall–Kier alpha value is -0.740. The van der Waals surface area contributed by atoms with Crippen molar-refractivity contribution in [2.45, 2.75) is 24.2 Å². The van der Waals surface area contributed by atoms with Crippen molar-refractivity contribution in [3.63, 3.8) is 0 Å². The lowest BCUT2D eigenvalue weighted by Gasteiger charge is -2.28. The van der Waals surface area contributed by atoms with Crippen LogP contribution in [0, 0.1) is 0 Å². The predicted molar refractivity (Wildman–Crippen MR) is 36.0 cm³/mol. The number of hydrogen-bond donors (Lipinski definition) is 0. The molecule has 0 saturated heterocycles. The maximum Gasteiger partial charge on any atom is 0.460 e. The first-order valence-corrected chi connectivity index (χ1v) is 3.90. The molecule has 12 heteroatoms. The third kappa shape index (κ3) is 2.81. The van der Waals surface area contributed by atoms with Crippen molar-refractivity contribution in [1.29, 1.82) is 0 Å². The van der Waals surface area contributed by atoms with Crippen molar-refractivity contribution in [3.05, 3.63) is 10.9 Å². The molecule has 0 saturated carbocycles. The van der Waals surface area contributed by atoms with Crippen LogP contribution in [-0.2, 0) is 0 Å². The second kappa shape index (κ2) is 4.42. The van der Waals surface area contributed by atoms with E-state index in [1.165, 1.54) is 0 Å². The summed E-state index contributed by atoms with van der Waals surface area (Å²) in [7, 11) is 0. The summed E-state index contributed by atoms with van der Waals surface area (Å²) >= 11 is 3.95. The minimum atomic E-state index is -6.96. The first-order valence-electron chi connectivity index (χ1n) is 3.52. The second-order valence-corrected chi connectivity index (χ2v) is 3.15. The minimum absolute atomic E-state index is 3.57. The molecule has 0 atom stereocenters. The molecule has 0 aliphatic rings. The molecule has 0 N–H and O–H groups in total. The molecule has 0 nitrogen and oxygen atoms in total. The molecule has 108 valence electrons. The number of allylic oxidation sites excluding steroid dienone is 2. The Balaban J connectivity index is 5.83. The molecule has 0 aliphatic heterocycles. The van der Waals surface area contributed by atoms with Gasteiger partial charge < -0.3 is 0 Å². The zero-order valence-electron chi connectivity index (χ0n) is 7.54. The van der Waals surface area contributed by atoms with E-state index >= 15 is 0 Å². The van der Waals surface area contributed by atoms with E-state index in [9.17, 15) is 48.3 Å². The second-order valence-electron chi connectivity index (χ2n) is 2.77. The molecule has 0 radical (unpaired) electrons. The molecule has 0 aliphatic carbocycles. The van der Waals surface area contributed by atoms with E-state index in [0.29, 0.717) is 0 Å². The smallest absolute Gasteiger partial charge is 0.200 e. The third-order valence-corrected chi connectivity index (χ3v) is 1.87. The topological polar surface area (TPSA) is 0 Å². The molecule has 0 spiro atoms. The highest BCUT2D eigenvalue weighted by Gasteiger charge is 2.75. The van der Waals surface area contributed by atoms with Gasteiger partial charge in [0.2, 0.25) is 5.83 Å². The monoisotopic (exact) mass is 316 g/mol. The Morgan fingerprint density at radius 3 is 1.28 bits per heavy atom. The summed E-state index contributed by atoms with van der Waals surface area (Å²) in [5.74, 6) is -17.5. The van der Waals surface area contributed by atoms with Gasteiger partial charge in [-0.15, -0.1) is 0 Å². The molecule has 0 aromatic carbocycles. The van der Waals surface area contributed by atoms with Crippen LogP contribution in [0.4, 0.5) is 48.3 Å². The highest BCUT2D eigenvalue weighted by atomic mass is 35.5. The fourth-order valence-electron chi connectivity index (χ4n) is 0.578.